The molecular formula is C20H20O. The highest BCUT2D eigenvalue weighted by Gasteiger charge is 2.17. The van der Waals surface area contributed by atoms with Crippen LogP contribution in [0.1, 0.15) is 24.0 Å². The van der Waals surface area contributed by atoms with Crippen LogP contribution in [0.4, 0.5) is 0 Å². The molecule has 1 nitrogen and oxygen atoms in total. The van der Waals surface area contributed by atoms with Crippen molar-refractivity contribution >= 4 is 10.8 Å². The van der Waals surface area contributed by atoms with E-state index in [2.05, 4.69) is 61.5 Å². The van der Waals surface area contributed by atoms with Crippen molar-refractivity contribution in [3.05, 3.63) is 83.9 Å². The predicted molar refractivity (Wildman–Crippen MR) is 88.5 cm³/mol. The topological polar surface area (TPSA) is 20.2 Å². The fraction of sp³-hybridized carbons (Fsp3) is 0.200. The summed E-state index contributed by atoms with van der Waals surface area (Å²) >= 11 is 0. The van der Waals surface area contributed by atoms with Gasteiger partial charge in [-0.1, -0.05) is 79.7 Å². The number of aliphatic hydroxyl groups excluding tert-OH is 1. The van der Waals surface area contributed by atoms with Gasteiger partial charge in [-0.15, -0.1) is 0 Å². The first kappa shape index (κ1) is 13.8. The molecule has 106 valence electrons. The van der Waals surface area contributed by atoms with Gasteiger partial charge >= 0.3 is 0 Å². The minimum absolute atomic E-state index is 0.130. The van der Waals surface area contributed by atoms with Crippen molar-refractivity contribution in [1.82, 2.24) is 0 Å². The number of hydrogen-bond acceptors (Lipinski definition) is 1. The molecule has 0 amide bonds. The lowest BCUT2D eigenvalue weighted by molar-refractivity contribution is 0.150. The van der Waals surface area contributed by atoms with Crippen LogP contribution in [0.15, 0.2) is 72.8 Å². The van der Waals surface area contributed by atoms with Crippen molar-refractivity contribution in [3.63, 3.8) is 0 Å². The van der Waals surface area contributed by atoms with Crippen molar-refractivity contribution in [2.75, 3.05) is 0 Å². The monoisotopic (exact) mass is 276 g/mol. The number of hydrogen-bond donors (Lipinski definition) is 1. The normalized spacial score (nSPS) is 14.0. The quantitative estimate of drug-likeness (QED) is 0.741. The Morgan fingerprint density at radius 1 is 0.810 bits per heavy atom. The van der Waals surface area contributed by atoms with Gasteiger partial charge in [-0.25, -0.2) is 0 Å². The van der Waals surface area contributed by atoms with E-state index in [0.29, 0.717) is 6.42 Å². The van der Waals surface area contributed by atoms with E-state index in [1.165, 1.54) is 21.9 Å². The highest BCUT2D eigenvalue weighted by atomic mass is 16.3. The zero-order chi connectivity index (χ0) is 14.7. The number of rotatable bonds is 4. The summed E-state index contributed by atoms with van der Waals surface area (Å²) < 4.78 is 0. The van der Waals surface area contributed by atoms with E-state index >= 15 is 0 Å². The maximum Gasteiger partial charge on any atom is 0.0646 e. The van der Waals surface area contributed by atoms with Crippen molar-refractivity contribution in [2.24, 2.45) is 0 Å². The van der Waals surface area contributed by atoms with Gasteiger partial charge in [-0.05, 0) is 28.3 Å². The minimum atomic E-state index is -0.377. The number of fused-ring (bicyclic) bond motifs is 1. The van der Waals surface area contributed by atoms with E-state index in [9.17, 15) is 5.11 Å². The van der Waals surface area contributed by atoms with Crippen LogP contribution in [-0.4, -0.2) is 11.2 Å². The summed E-state index contributed by atoms with van der Waals surface area (Å²) in [4.78, 5) is 0. The van der Waals surface area contributed by atoms with Crippen LogP contribution in [0.25, 0.3) is 10.8 Å². The lowest BCUT2D eigenvalue weighted by Crippen LogP contribution is -2.18. The third kappa shape index (κ3) is 2.98. The van der Waals surface area contributed by atoms with E-state index < -0.39 is 0 Å². The Bertz CT molecular complexity index is 713. The van der Waals surface area contributed by atoms with Crippen LogP contribution in [0, 0.1) is 0 Å². The number of benzene rings is 3. The third-order valence-electron chi connectivity index (χ3n) is 4.21. The third-order valence-corrected chi connectivity index (χ3v) is 4.21. The second-order valence-corrected chi connectivity index (χ2v) is 5.61. The highest BCUT2D eigenvalue weighted by Crippen LogP contribution is 2.25. The Balaban J connectivity index is 1.85. The summed E-state index contributed by atoms with van der Waals surface area (Å²) in [6.07, 6.45) is 0.301. The molecule has 0 saturated heterocycles. The summed E-state index contributed by atoms with van der Waals surface area (Å²) in [5, 5.41) is 13.1. The molecule has 0 aliphatic carbocycles. The average molecular weight is 276 g/mol. The Kier molecular flexibility index (Phi) is 4.03. The molecular weight excluding hydrogens is 256 g/mol. The molecule has 0 radical (unpaired) electrons. The minimum Gasteiger partial charge on any atom is -0.392 e. The maximum atomic E-state index is 10.6. The summed E-state index contributed by atoms with van der Waals surface area (Å²) in [6.45, 7) is 2.09. The Hall–Kier alpha value is -2.12. The fourth-order valence-corrected chi connectivity index (χ4v) is 2.85. The van der Waals surface area contributed by atoms with Gasteiger partial charge in [0.2, 0.25) is 0 Å². The zero-order valence-corrected chi connectivity index (χ0v) is 12.2. The molecule has 0 bridgehead atoms. The molecule has 3 rings (SSSR count). The molecule has 1 heteroatoms. The Morgan fingerprint density at radius 2 is 1.48 bits per heavy atom. The van der Waals surface area contributed by atoms with Gasteiger partial charge in [0.05, 0.1) is 6.10 Å². The predicted octanol–water partition coefficient (Wildman–Crippen LogP) is 4.55. The molecule has 3 aromatic carbocycles. The molecule has 1 N–H and O–H groups in total. The number of aliphatic hydroxyl groups is 1. The smallest absolute Gasteiger partial charge is 0.0646 e. The van der Waals surface area contributed by atoms with Crippen molar-refractivity contribution in [3.8, 4) is 0 Å². The molecule has 0 aliphatic heterocycles. The fourth-order valence-electron chi connectivity index (χ4n) is 2.85. The van der Waals surface area contributed by atoms with E-state index in [-0.39, 0.29) is 12.0 Å². The SMILES string of the molecule is CC(c1ccccc1)C(O)Cc1cccc2ccccc12. The largest absolute Gasteiger partial charge is 0.392 e. The molecule has 0 heterocycles. The second-order valence-electron chi connectivity index (χ2n) is 5.61. The molecule has 0 spiro atoms. The lowest BCUT2D eigenvalue weighted by atomic mass is 9.90. The first-order chi connectivity index (χ1) is 10.3. The van der Waals surface area contributed by atoms with Gasteiger partial charge in [0, 0.05) is 5.92 Å². The molecule has 0 aliphatic rings. The maximum absolute atomic E-state index is 10.6. The molecule has 3 aromatic rings. The van der Waals surface area contributed by atoms with E-state index in [1.807, 2.05) is 18.2 Å². The van der Waals surface area contributed by atoms with Crippen LogP contribution in [0.2, 0.25) is 0 Å². The van der Waals surface area contributed by atoms with E-state index in [4.69, 9.17) is 0 Å². The second kappa shape index (κ2) is 6.11. The average Bonchev–Trinajstić information content (AvgIpc) is 2.55. The van der Waals surface area contributed by atoms with E-state index in [0.717, 1.165) is 0 Å². The van der Waals surface area contributed by atoms with Gasteiger partial charge < -0.3 is 5.11 Å². The standard InChI is InChI=1S/C20H20O/c1-15(16-8-3-2-4-9-16)20(21)14-18-12-7-11-17-10-5-6-13-19(17)18/h2-13,15,20-21H,14H2,1H3. The van der Waals surface area contributed by atoms with Crippen LogP contribution >= 0.6 is 0 Å². The van der Waals surface area contributed by atoms with Crippen LogP contribution < -0.4 is 0 Å². The first-order valence-electron chi connectivity index (χ1n) is 7.45. The highest BCUT2D eigenvalue weighted by molar-refractivity contribution is 5.85. The van der Waals surface area contributed by atoms with Crippen LogP contribution in [0.3, 0.4) is 0 Å². The summed E-state index contributed by atoms with van der Waals surface area (Å²) in [7, 11) is 0. The van der Waals surface area contributed by atoms with Crippen LogP contribution in [0.5, 0.6) is 0 Å². The summed E-state index contributed by atoms with van der Waals surface area (Å²) in [6, 6.07) is 24.9. The molecule has 21 heavy (non-hydrogen) atoms. The van der Waals surface area contributed by atoms with Gasteiger partial charge in [-0.2, -0.15) is 0 Å². The van der Waals surface area contributed by atoms with Crippen molar-refractivity contribution < 1.29 is 5.11 Å². The van der Waals surface area contributed by atoms with Crippen molar-refractivity contribution in [1.29, 1.82) is 0 Å². The Labute approximate surface area is 125 Å². The molecule has 0 fully saturated rings. The van der Waals surface area contributed by atoms with Crippen molar-refractivity contribution in [2.45, 2.75) is 25.4 Å². The van der Waals surface area contributed by atoms with Gasteiger partial charge in [0.15, 0.2) is 0 Å². The van der Waals surface area contributed by atoms with Gasteiger partial charge in [-0.3, -0.25) is 0 Å². The first-order valence-corrected chi connectivity index (χ1v) is 7.45. The molecule has 2 unspecified atom stereocenters. The zero-order valence-electron chi connectivity index (χ0n) is 12.2. The van der Waals surface area contributed by atoms with Crippen LogP contribution in [-0.2, 0) is 6.42 Å². The van der Waals surface area contributed by atoms with Gasteiger partial charge in [0.25, 0.3) is 0 Å². The van der Waals surface area contributed by atoms with E-state index in [1.54, 1.807) is 0 Å². The lowest BCUT2D eigenvalue weighted by Gasteiger charge is -2.20. The molecule has 0 saturated carbocycles. The summed E-state index contributed by atoms with van der Waals surface area (Å²) in [5.41, 5.74) is 2.40. The Morgan fingerprint density at radius 3 is 2.29 bits per heavy atom. The summed E-state index contributed by atoms with van der Waals surface area (Å²) in [5.74, 6) is 0.130. The molecule has 2 atom stereocenters. The van der Waals surface area contributed by atoms with Gasteiger partial charge in [0.1, 0.15) is 0 Å². The molecule has 0 aromatic heterocycles.